The topological polar surface area (TPSA) is 55.4 Å². The van der Waals surface area contributed by atoms with Crippen molar-refractivity contribution in [3.63, 3.8) is 0 Å². The molecule has 150 valence electrons. The monoisotopic (exact) mass is 399 g/mol. The van der Waals surface area contributed by atoms with Gasteiger partial charge in [0.2, 0.25) is 5.91 Å². The van der Waals surface area contributed by atoms with E-state index in [0.29, 0.717) is 23.1 Å². The molecule has 1 amide bonds. The Morgan fingerprint density at radius 2 is 2.00 bits per heavy atom. The molecule has 1 aliphatic carbocycles. The van der Waals surface area contributed by atoms with E-state index in [4.69, 9.17) is 4.74 Å². The van der Waals surface area contributed by atoms with Crippen LogP contribution in [-0.4, -0.2) is 18.5 Å². The largest absolute Gasteiger partial charge is 0.462 e. The zero-order chi connectivity index (χ0) is 20.1. The highest BCUT2D eigenvalue weighted by Gasteiger charge is 2.31. The zero-order valence-electron chi connectivity index (χ0n) is 16.9. The van der Waals surface area contributed by atoms with Gasteiger partial charge in [0.1, 0.15) is 5.00 Å². The summed E-state index contributed by atoms with van der Waals surface area (Å²) in [4.78, 5) is 26.4. The van der Waals surface area contributed by atoms with Crippen molar-refractivity contribution < 1.29 is 14.3 Å². The Hall–Kier alpha value is -2.14. The third-order valence-electron chi connectivity index (χ3n) is 5.42. The summed E-state index contributed by atoms with van der Waals surface area (Å²) in [5.41, 5.74) is 2.97. The van der Waals surface area contributed by atoms with Crippen molar-refractivity contribution in [2.75, 3.05) is 11.9 Å². The first-order chi connectivity index (χ1) is 13.5. The number of carbonyl (C=O) groups is 2. The molecule has 0 aliphatic heterocycles. The van der Waals surface area contributed by atoms with Gasteiger partial charge in [-0.3, -0.25) is 4.79 Å². The molecular weight excluding hydrogens is 370 g/mol. The lowest BCUT2D eigenvalue weighted by Gasteiger charge is -2.23. The molecule has 5 heteroatoms. The Balaban J connectivity index is 1.89. The van der Waals surface area contributed by atoms with Gasteiger partial charge in [-0.1, -0.05) is 50.6 Å². The number of nitrogens with one attached hydrogen (secondary N) is 1. The highest BCUT2D eigenvalue weighted by molar-refractivity contribution is 7.17. The fraction of sp³-hybridized carbons (Fsp3) is 0.478. The van der Waals surface area contributed by atoms with E-state index < -0.39 is 0 Å². The average Bonchev–Trinajstić information content (AvgIpc) is 3.06. The van der Waals surface area contributed by atoms with Crippen molar-refractivity contribution in [3.8, 4) is 0 Å². The summed E-state index contributed by atoms with van der Waals surface area (Å²) in [6.07, 6.45) is 4.53. The molecule has 0 fully saturated rings. The fourth-order valence-electron chi connectivity index (χ4n) is 3.90. The molecule has 1 heterocycles. The summed E-state index contributed by atoms with van der Waals surface area (Å²) in [7, 11) is 0. The van der Waals surface area contributed by atoms with Gasteiger partial charge in [-0.2, -0.15) is 0 Å². The smallest absolute Gasteiger partial charge is 0.341 e. The molecule has 1 N–H and O–H groups in total. The van der Waals surface area contributed by atoms with Crippen LogP contribution in [0, 0.1) is 5.92 Å². The maximum Gasteiger partial charge on any atom is 0.341 e. The van der Waals surface area contributed by atoms with Gasteiger partial charge in [0.15, 0.2) is 0 Å². The van der Waals surface area contributed by atoms with Gasteiger partial charge >= 0.3 is 5.97 Å². The highest BCUT2D eigenvalue weighted by atomic mass is 32.1. The normalized spacial score (nSPS) is 16.9. The molecule has 0 radical (unpaired) electrons. The van der Waals surface area contributed by atoms with Crippen LogP contribution in [0.1, 0.15) is 72.3 Å². The third kappa shape index (κ3) is 4.46. The van der Waals surface area contributed by atoms with Crippen LogP contribution in [0.25, 0.3) is 0 Å². The molecule has 0 bridgehead atoms. The molecule has 0 saturated carbocycles. The molecule has 0 unspecified atom stereocenters. The Bertz CT molecular complexity index is 828. The molecule has 3 rings (SSSR count). The summed E-state index contributed by atoms with van der Waals surface area (Å²) >= 11 is 1.55. The van der Waals surface area contributed by atoms with Crippen LogP contribution in [-0.2, 0) is 22.4 Å². The predicted molar refractivity (Wildman–Crippen MR) is 114 cm³/mol. The van der Waals surface area contributed by atoms with Crippen LogP contribution in [0.3, 0.4) is 0 Å². The van der Waals surface area contributed by atoms with E-state index in [1.807, 2.05) is 19.9 Å². The van der Waals surface area contributed by atoms with Crippen LogP contribution in [0.4, 0.5) is 5.00 Å². The minimum Gasteiger partial charge on any atom is -0.462 e. The quantitative estimate of drug-likeness (QED) is 0.619. The summed E-state index contributed by atoms with van der Waals surface area (Å²) in [6.45, 7) is 6.14. The Kier molecular flexibility index (Phi) is 6.89. The Morgan fingerprint density at radius 1 is 1.25 bits per heavy atom. The van der Waals surface area contributed by atoms with Crippen molar-refractivity contribution >= 4 is 28.2 Å². The summed E-state index contributed by atoms with van der Waals surface area (Å²) in [5.74, 6) is 0.0309. The molecule has 0 spiro atoms. The molecule has 0 saturated heterocycles. The molecular formula is C23H29NO3S. The second-order valence-corrected chi connectivity index (χ2v) is 8.56. The fourth-order valence-corrected chi connectivity index (χ4v) is 5.22. The molecule has 1 aromatic heterocycles. The maximum atomic E-state index is 12.7. The van der Waals surface area contributed by atoms with Crippen molar-refractivity contribution in [2.24, 2.45) is 5.92 Å². The van der Waals surface area contributed by atoms with E-state index in [0.717, 1.165) is 37.7 Å². The first-order valence-corrected chi connectivity index (χ1v) is 11.0. The lowest BCUT2D eigenvalue weighted by molar-refractivity contribution is -0.119. The number of anilines is 1. The van der Waals surface area contributed by atoms with Crippen molar-refractivity contribution in [2.45, 2.75) is 58.8 Å². The van der Waals surface area contributed by atoms with Gasteiger partial charge in [0.05, 0.1) is 12.2 Å². The molecule has 1 aromatic carbocycles. The van der Waals surface area contributed by atoms with E-state index in [1.54, 1.807) is 11.3 Å². The van der Waals surface area contributed by atoms with E-state index in [9.17, 15) is 9.59 Å². The minimum atomic E-state index is -0.323. The first-order valence-electron chi connectivity index (χ1n) is 10.2. The lowest BCUT2D eigenvalue weighted by Crippen LogP contribution is -2.21. The van der Waals surface area contributed by atoms with Crippen molar-refractivity contribution in [1.29, 1.82) is 0 Å². The second kappa shape index (κ2) is 9.37. The molecule has 2 atom stereocenters. The van der Waals surface area contributed by atoms with Crippen LogP contribution in [0.15, 0.2) is 30.3 Å². The summed E-state index contributed by atoms with van der Waals surface area (Å²) in [6, 6.07) is 10.5. The van der Waals surface area contributed by atoms with Gasteiger partial charge in [-0.25, -0.2) is 4.79 Å². The van der Waals surface area contributed by atoms with E-state index >= 15 is 0 Å². The number of hydrogen-bond acceptors (Lipinski definition) is 4. The number of carbonyl (C=O) groups excluding carboxylic acids is 2. The number of benzene rings is 1. The summed E-state index contributed by atoms with van der Waals surface area (Å²) in [5, 5.41) is 3.68. The predicted octanol–water partition coefficient (Wildman–Crippen LogP) is 5.57. The van der Waals surface area contributed by atoms with Gasteiger partial charge in [0.25, 0.3) is 0 Å². The first kappa shape index (κ1) is 20.6. The Labute approximate surface area is 171 Å². The Morgan fingerprint density at radius 3 is 2.68 bits per heavy atom. The second-order valence-electron chi connectivity index (χ2n) is 7.46. The number of rotatable bonds is 7. The standard InChI is InChI=1S/C23H29NO3S/c1-4-9-15(3)21(25)24-22-20(23(26)27-5-2)18-13-12-17(14-19(18)28-22)16-10-7-6-8-11-16/h6-8,10-11,15,17H,4-5,9,12-14H2,1-3H3,(H,24,25)/t15-,17-/m0/s1. The van der Waals surface area contributed by atoms with E-state index in [1.165, 1.54) is 10.4 Å². The van der Waals surface area contributed by atoms with Crippen LogP contribution >= 0.6 is 11.3 Å². The third-order valence-corrected chi connectivity index (χ3v) is 6.59. The van der Waals surface area contributed by atoms with E-state index in [2.05, 4.69) is 36.5 Å². The van der Waals surface area contributed by atoms with Crippen molar-refractivity contribution in [3.05, 3.63) is 51.9 Å². The van der Waals surface area contributed by atoms with Gasteiger partial charge in [0, 0.05) is 10.8 Å². The van der Waals surface area contributed by atoms with Gasteiger partial charge in [-0.05, 0) is 49.7 Å². The van der Waals surface area contributed by atoms with Crippen LogP contribution < -0.4 is 5.32 Å². The highest BCUT2D eigenvalue weighted by Crippen LogP contribution is 2.43. The minimum absolute atomic E-state index is 0.0226. The van der Waals surface area contributed by atoms with Crippen LogP contribution in [0.5, 0.6) is 0 Å². The average molecular weight is 400 g/mol. The number of thiophene rings is 1. The van der Waals surface area contributed by atoms with Gasteiger partial charge < -0.3 is 10.1 Å². The summed E-state index contributed by atoms with van der Waals surface area (Å²) < 4.78 is 5.31. The molecule has 2 aromatic rings. The molecule has 1 aliphatic rings. The SMILES string of the molecule is CCC[C@H](C)C(=O)Nc1sc2c(c1C(=O)OCC)CC[C@H](c1ccccc1)C2. The zero-order valence-corrected chi connectivity index (χ0v) is 17.7. The number of fused-ring (bicyclic) bond motifs is 1. The van der Waals surface area contributed by atoms with Crippen molar-refractivity contribution in [1.82, 2.24) is 0 Å². The number of ether oxygens (including phenoxy) is 1. The number of amides is 1. The number of hydrogen-bond donors (Lipinski definition) is 1. The van der Waals surface area contributed by atoms with Crippen LogP contribution in [0.2, 0.25) is 0 Å². The number of esters is 1. The lowest BCUT2D eigenvalue weighted by atomic mass is 9.83. The van der Waals surface area contributed by atoms with E-state index in [-0.39, 0.29) is 17.8 Å². The molecule has 4 nitrogen and oxygen atoms in total. The molecule has 28 heavy (non-hydrogen) atoms. The maximum absolute atomic E-state index is 12.7. The van der Waals surface area contributed by atoms with Gasteiger partial charge in [-0.15, -0.1) is 11.3 Å².